The fourth-order valence-electron chi connectivity index (χ4n) is 2.70. The zero-order valence-corrected chi connectivity index (χ0v) is 14.6. The molecule has 7 heteroatoms. The molecule has 0 saturated heterocycles. The molecule has 0 bridgehead atoms. The monoisotopic (exact) mass is 349 g/mol. The number of carbonyl (C=O) groups excluding carboxylic acids is 1. The number of amides is 1. The lowest BCUT2D eigenvalue weighted by Gasteiger charge is -2.33. The third-order valence-corrected chi connectivity index (χ3v) is 7.48. The van der Waals surface area contributed by atoms with E-state index in [1.165, 1.54) is 12.5 Å². The van der Waals surface area contributed by atoms with Gasteiger partial charge < -0.3 is 5.32 Å². The fourth-order valence-corrected chi connectivity index (χ4v) is 4.79. The Morgan fingerprint density at radius 3 is 2.48 bits per heavy atom. The van der Waals surface area contributed by atoms with Crippen LogP contribution in [0.25, 0.3) is 0 Å². The molecule has 1 aromatic heterocycles. The second kappa shape index (κ2) is 6.26. The maximum atomic E-state index is 12.5. The molecule has 21 heavy (non-hydrogen) atoms. The van der Waals surface area contributed by atoms with Crippen LogP contribution >= 0.6 is 22.0 Å². The van der Waals surface area contributed by atoms with Gasteiger partial charge in [-0.25, -0.2) is 8.42 Å². The highest BCUT2D eigenvalue weighted by Crippen LogP contribution is 2.37. The van der Waals surface area contributed by atoms with E-state index in [4.69, 9.17) is 10.7 Å². The highest BCUT2D eigenvalue weighted by atomic mass is 35.7. The van der Waals surface area contributed by atoms with Gasteiger partial charge in [0.1, 0.15) is 4.21 Å². The standard InChI is InChI=1S/C14H20ClNO3S2/c1-10(11-6-7-12(20-11)21(15,18)19)16-13(17)14(2)8-4-3-5-9-14/h6-7,10H,3-5,8-9H2,1-2H3,(H,16,17). The number of rotatable bonds is 4. The lowest BCUT2D eigenvalue weighted by molar-refractivity contribution is -0.132. The van der Waals surface area contributed by atoms with Crippen LogP contribution in [0.1, 0.15) is 56.9 Å². The lowest BCUT2D eigenvalue weighted by Crippen LogP contribution is -2.41. The molecule has 1 fully saturated rings. The highest BCUT2D eigenvalue weighted by Gasteiger charge is 2.35. The summed E-state index contributed by atoms with van der Waals surface area (Å²) in [5, 5.41) is 3.00. The number of halogens is 1. The minimum atomic E-state index is -3.70. The van der Waals surface area contributed by atoms with Crippen molar-refractivity contribution in [3.63, 3.8) is 0 Å². The number of hydrogen-bond acceptors (Lipinski definition) is 4. The molecular formula is C14H20ClNO3S2. The third kappa shape index (κ3) is 3.99. The minimum Gasteiger partial charge on any atom is -0.348 e. The number of carbonyl (C=O) groups is 1. The Labute approximate surface area is 134 Å². The van der Waals surface area contributed by atoms with Crippen LogP contribution in [0.5, 0.6) is 0 Å². The van der Waals surface area contributed by atoms with Crippen LogP contribution in [0.4, 0.5) is 0 Å². The lowest BCUT2D eigenvalue weighted by atomic mass is 9.75. The average molecular weight is 350 g/mol. The number of thiophene rings is 1. The van der Waals surface area contributed by atoms with Gasteiger partial charge >= 0.3 is 0 Å². The first kappa shape index (κ1) is 16.8. The smallest absolute Gasteiger partial charge is 0.270 e. The van der Waals surface area contributed by atoms with Gasteiger partial charge in [-0.3, -0.25) is 4.79 Å². The summed E-state index contributed by atoms with van der Waals surface area (Å²) in [6.07, 6.45) is 5.20. The first-order chi connectivity index (χ1) is 9.72. The molecule has 2 rings (SSSR count). The Morgan fingerprint density at radius 2 is 1.95 bits per heavy atom. The zero-order valence-electron chi connectivity index (χ0n) is 12.2. The van der Waals surface area contributed by atoms with Crippen molar-refractivity contribution >= 4 is 37.0 Å². The molecule has 1 atom stereocenters. The summed E-state index contributed by atoms with van der Waals surface area (Å²) in [5.74, 6) is 0.0541. The van der Waals surface area contributed by atoms with E-state index < -0.39 is 9.05 Å². The van der Waals surface area contributed by atoms with Crippen molar-refractivity contribution in [3.05, 3.63) is 17.0 Å². The molecule has 1 aromatic rings. The molecule has 1 aliphatic carbocycles. The van der Waals surface area contributed by atoms with Gasteiger partial charge in [0.2, 0.25) is 5.91 Å². The molecule has 0 aromatic carbocycles. The van der Waals surface area contributed by atoms with Crippen molar-refractivity contribution in [2.24, 2.45) is 5.41 Å². The summed E-state index contributed by atoms with van der Waals surface area (Å²) < 4.78 is 22.7. The topological polar surface area (TPSA) is 63.2 Å². The molecule has 1 unspecified atom stereocenters. The Kier molecular flexibility index (Phi) is 5.00. The van der Waals surface area contributed by atoms with Gasteiger partial charge in [0.15, 0.2) is 0 Å². The first-order valence-electron chi connectivity index (χ1n) is 7.08. The van der Waals surface area contributed by atoms with E-state index in [-0.39, 0.29) is 21.6 Å². The predicted molar refractivity (Wildman–Crippen MR) is 85.1 cm³/mol. The molecule has 1 amide bonds. The van der Waals surface area contributed by atoms with Crippen LogP contribution < -0.4 is 5.32 Å². The molecule has 0 spiro atoms. The van der Waals surface area contributed by atoms with E-state index in [9.17, 15) is 13.2 Å². The Balaban J connectivity index is 2.05. The van der Waals surface area contributed by atoms with Crippen LogP contribution in [-0.2, 0) is 13.8 Å². The Hall–Kier alpha value is -0.590. The second-order valence-electron chi connectivity index (χ2n) is 5.91. The molecule has 1 aliphatic rings. The highest BCUT2D eigenvalue weighted by molar-refractivity contribution is 8.15. The minimum absolute atomic E-state index is 0.0541. The van der Waals surface area contributed by atoms with Gasteiger partial charge in [-0.1, -0.05) is 26.2 Å². The molecule has 1 heterocycles. The number of nitrogens with one attached hydrogen (secondary N) is 1. The molecule has 118 valence electrons. The summed E-state index contributed by atoms with van der Waals surface area (Å²) in [6.45, 7) is 3.87. The fraction of sp³-hybridized carbons (Fsp3) is 0.643. The van der Waals surface area contributed by atoms with E-state index in [1.807, 2.05) is 13.8 Å². The van der Waals surface area contributed by atoms with Crippen molar-refractivity contribution < 1.29 is 13.2 Å². The van der Waals surface area contributed by atoms with Crippen LogP contribution in [0, 0.1) is 5.41 Å². The van der Waals surface area contributed by atoms with E-state index in [0.717, 1.165) is 41.9 Å². The van der Waals surface area contributed by atoms with Gasteiger partial charge in [-0.15, -0.1) is 11.3 Å². The third-order valence-electron chi connectivity index (χ3n) is 4.12. The molecule has 0 radical (unpaired) electrons. The second-order valence-corrected chi connectivity index (χ2v) is 9.82. The normalized spacial score (nSPS) is 20.0. The molecule has 1 saturated carbocycles. The molecule has 0 aliphatic heterocycles. The average Bonchev–Trinajstić information content (AvgIpc) is 2.89. The molecular weight excluding hydrogens is 330 g/mol. The van der Waals surface area contributed by atoms with Crippen molar-refractivity contribution in [2.45, 2.75) is 56.2 Å². The van der Waals surface area contributed by atoms with Gasteiger partial charge in [-0.05, 0) is 31.9 Å². The molecule has 1 N–H and O–H groups in total. The first-order valence-corrected chi connectivity index (χ1v) is 10.2. The summed E-state index contributed by atoms with van der Waals surface area (Å²) in [5.41, 5.74) is -0.300. The van der Waals surface area contributed by atoms with Gasteiger partial charge in [0, 0.05) is 21.0 Å². The van der Waals surface area contributed by atoms with E-state index in [1.54, 1.807) is 6.07 Å². The van der Waals surface area contributed by atoms with Crippen LogP contribution in [-0.4, -0.2) is 14.3 Å². The van der Waals surface area contributed by atoms with E-state index in [2.05, 4.69) is 5.32 Å². The molecule has 4 nitrogen and oxygen atoms in total. The summed E-state index contributed by atoms with van der Waals surface area (Å²) in [6, 6.07) is 2.97. The summed E-state index contributed by atoms with van der Waals surface area (Å²) in [7, 11) is 1.62. The summed E-state index contributed by atoms with van der Waals surface area (Å²) >= 11 is 1.10. The van der Waals surface area contributed by atoms with Crippen LogP contribution in [0.3, 0.4) is 0 Å². The predicted octanol–water partition coefficient (Wildman–Crippen LogP) is 3.82. The Morgan fingerprint density at radius 1 is 1.33 bits per heavy atom. The van der Waals surface area contributed by atoms with Crippen molar-refractivity contribution in [2.75, 3.05) is 0 Å². The zero-order chi connectivity index (χ0) is 15.7. The maximum absolute atomic E-state index is 12.5. The van der Waals surface area contributed by atoms with E-state index in [0.29, 0.717) is 0 Å². The van der Waals surface area contributed by atoms with Gasteiger partial charge in [0.25, 0.3) is 9.05 Å². The summed E-state index contributed by atoms with van der Waals surface area (Å²) in [4.78, 5) is 13.3. The maximum Gasteiger partial charge on any atom is 0.270 e. The van der Waals surface area contributed by atoms with Crippen LogP contribution in [0.2, 0.25) is 0 Å². The van der Waals surface area contributed by atoms with E-state index >= 15 is 0 Å². The van der Waals surface area contributed by atoms with Gasteiger partial charge in [-0.2, -0.15) is 0 Å². The SMILES string of the molecule is CC(NC(=O)C1(C)CCCCC1)c1ccc(S(=O)(=O)Cl)s1. The largest absolute Gasteiger partial charge is 0.348 e. The number of hydrogen-bond donors (Lipinski definition) is 1. The van der Waals surface area contributed by atoms with Crippen molar-refractivity contribution in [1.82, 2.24) is 5.32 Å². The van der Waals surface area contributed by atoms with Gasteiger partial charge in [0.05, 0.1) is 6.04 Å². The quantitative estimate of drug-likeness (QED) is 0.840. The Bertz CT molecular complexity index is 618. The van der Waals surface area contributed by atoms with Crippen molar-refractivity contribution in [3.8, 4) is 0 Å². The van der Waals surface area contributed by atoms with Crippen molar-refractivity contribution in [1.29, 1.82) is 0 Å². The van der Waals surface area contributed by atoms with Crippen LogP contribution in [0.15, 0.2) is 16.3 Å².